The third kappa shape index (κ3) is 3.42. The van der Waals surface area contributed by atoms with E-state index in [1.54, 1.807) is 7.11 Å². The van der Waals surface area contributed by atoms with E-state index in [9.17, 15) is 4.79 Å². The van der Waals surface area contributed by atoms with Gasteiger partial charge in [0, 0.05) is 24.0 Å². The normalized spacial score (nSPS) is 30.2. The molecule has 1 amide bonds. The van der Waals surface area contributed by atoms with E-state index < -0.39 is 0 Å². The van der Waals surface area contributed by atoms with Crippen LogP contribution in [0.2, 0.25) is 0 Å². The van der Waals surface area contributed by atoms with Crippen LogP contribution in [0.25, 0.3) is 0 Å². The van der Waals surface area contributed by atoms with Gasteiger partial charge in [-0.25, -0.2) is 0 Å². The molecular weight excluding hydrogens is 350 g/mol. The average molecular weight is 378 g/mol. The van der Waals surface area contributed by atoms with Crippen molar-refractivity contribution in [2.45, 2.75) is 42.7 Å². The Kier molecular flexibility index (Phi) is 5.23. The van der Waals surface area contributed by atoms with Crippen molar-refractivity contribution in [3.8, 4) is 5.75 Å². The summed E-state index contributed by atoms with van der Waals surface area (Å²) in [5.41, 5.74) is 1.13. The number of hydrogen-bond donors (Lipinski definition) is 1. The van der Waals surface area contributed by atoms with E-state index in [0.717, 1.165) is 36.0 Å². The van der Waals surface area contributed by atoms with E-state index in [1.807, 2.05) is 24.3 Å². The zero-order valence-electron chi connectivity index (χ0n) is 14.8. The van der Waals surface area contributed by atoms with Crippen molar-refractivity contribution in [3.05, 3.63) is 29.8 Å². The summed E-state index contributed by atoms with van der Waals surface area (Å²) in [6.07, 6.45) is 6.17. The van der Waals surface area contributed by atoms with Gasteiger partial charge in [0.1, 0.15) is 5.75 Å². The van der Waals surface area contributed by atoms with Crippen molar-refractivity contribution >= 4 is 29.4 Å². The zero-order valence-corrected chi connectivity index (χ0v) is 16.5. The molecule has 2 aliphatic carbocycles. The second-order valence-electron chi connectivity index (χ2n) is 7.48. The molecule has 1 N–H and O–H groups in total. The smallest absolute Gasteiger partial charge is 0.223 e. The van der Waals surface area contributed by atoms with E-state index in [4.69, 9.17) is 4.74 Å². The quantitative estimate of drug-likeness (QED) is 0.848. The fraction of sp³-hybridized carbons (Fsp3) is 0.650. The Labute approximate surface area is 159 Å². The van der Waals surface area contributed by atoms with Crippen molar-refractivity contribution in [2.24, 2.45) is 17.8 Å². The molecule has 1 aromatic carbocycles. The Morgan fingerprint density at radius 3 is 2.40 bits per heavy atom. The summed E-state index contributed by atoms with van der Waals surface area (Å²) in [6, 6.07) is 7.95. The summed E-state index contributed by atoms with van der Waals surface area (Å²) in [5, 5.41) is 3.18. The summed E-state index contributed by atoms with van der Waals surface area (Å²) >= 11 is 4.41. The molecule has 5 heteroatoms. The van der Waals surface area contributed by atoms with E-state index in [2.05, 4.69) is 28.8 Å². The number of carbonyl (C=O) groups is 1. The lowest BCUT2D eigenvalue weighted by atomic mass is 9.67. The van der Waals surface area contributed by atoms with E-state index >= 15 is 0 Å². The molecule has 25 heavy (non-hydrogen) atoms. The lowest BCUT2D eigenvalue weighted by Crippen LogP contribution is -2.49. The maximum atomic E-state index is 12.8. The van der Waals surface area contributed by atoms with Crippen LogP contribution in [0.5, 0.6) is 5.75 Å². The molecule has 1 saturated heterocycles. The SMILES string of the molecule is COc1ccc(CNC(=O)C2CC3CCCC(C2)C32SCCS2)cc1. The highest BCUT2D eigenvalue weighted by Crippen LogP contribution is 2.64. The van der Waals surface area contributed by atoms with Crippen molar-refractivity contribution in [1.29, 1.82) is 0 Å². The Hall–Kier alpha value is -0.810. The monoisotopic (exact) mass is 377 g/mol. The Morgan fingerprint density at radius 2 is 1.80 bits per heavy atom. The standard InChI is InChI=1S/C20H27NO2S2/c1-23-18-7-5-14(6-8-18)13-21-19(22)15-11-16-3-2-4-17(12-15)20(16)24-9-10-25-20/h5-8,15-17H,2-4,9-13H2,1H3,(H,21,22). The first-order chi connectivity index (χ1) is 12.2. The Morgan fingerprint density at radius 1 is 1.16 bits per heavy atom. The average Bonchev–Trinajstić information content (AvgIpc) is 3.09. The second kappa shape index (κ2) is 7.43. The molecular formula is C20H27NO2S2. The molecule has 0 radical (unpaired) electrons. The van der Waals surface area contributed by atoms with Crippen LogP contribution >= 0.6 is 23.5 Å². The van der Waals surface area contributed by atoms with Crippen LogP contribution in [0.1, 0.15) is 37.7 Å². The van der Waals surface area contributed by atoms with Gasteiger partial charge >= 0.3 is 0 Å². The maximum absolute atomic E-state index is 12.8. The molecule has 4 rings (SSSR count). The molecule has 3 aliphatic rings. The highest BCUT2D eigenvalue weighted by atomic mass is 32.2. The molecule has 3 nitrogen and oxygen atoms in total. The van der Waals surface area contributed by atoms with E-state index in [1.165, 1.54) is 30.8 Å². The molecule has 2 bridgehead atoms. The maximum Gasteiger partial charge on any atom is 0.223 e. The van der Waals surface area contributed by atoms with Gasteiger partial charge in [0.15, 0.2) is 0 Å². The van der Waals surface area contributed by atoms with E-state index in [-0.39, 0.29) is 11.8 Å². The largest absolute Gasteiger partial charge is 0.497 e. The molecule has 1 heterocycles. The van der Waals surface area contributed by atoms with Crippen LogP contribution in [-0.4, -0.2) is 28.6 Å². The van der Waals surface area contributed by atoms with Gasteiger partial charge in [-0.15, -0.1) is 23.5 Å². The second-order valence-corrected chi connectivity index (χ2v) is 10.5. The van der Waals surface area contributed by atoms with Crippen LogP contribution in [0.3, 0.4) is 0 Å². The molecule has 2 saturated carbocycles. The topological polar surface area (TPSA) is 38.3 Å². The highest BCUT2D eigenvalue weighted by Gasteiger charge is 2.55. The van der Waals surface area contributed by atoms with Gasteiger partial charge < -0.3 is 10.1 Å². The number of hydrogen-bond acceptors (Lipinski definition) is 4. The number of ether oxygens (including phenoxy) is 1. The van der Waals surface area contributed by atoms with Crippen LogP contribution in [0.15, 0.2) is 24.3 Å². The Balaban J connectivity index is 1.36. The van der Waals surface area contributed by atoms with Crippen molar-refractivity contribution in [1.82, 2.24) is 5.32 Å². The first-order valence-electron chi connectivity index (χ1n) is 9.40. The molecule has 2 atom stereocenters. The predicted molar refractivity (Wildman–Crippen MR) is 106 cm³/mol. The number of thioether (sulfide) groups is 2. The van der Waals surface area contributed by atoms with Crippen LogP contribution in [0.4, 0.5) is 0 Å². The first-order valence-corrected chi connectivity index (χ1v) is 11.4. The lowest BCUT2D eigenvalue weighted by molar-refractivity contribution is -0.127. The number of rotatable bonds is 4. The van der Waals surface area contributed by atoms with Gasteiger partial charge in [0.05, 0.1) is 11.2 Å². The van der Waals surface area contributed by atoms with Gasteiger partial charge in [-0.3, -0.25) is 4.79 Å². The molecule has 136 valence electrons. The zero-order chi connectivity index (χ0) is 17.3. The minimum Gasteiger partial charge on any atom is -0.497 e. The number of nitrogens with one attached hydrogen (secondary N) is 1. The lowest BCUT2D eigenvalue weighted by Gasteiger charge is -2.52. The van der Waals surface area contributed by atoms with Gasteiger partial charge in [0.25, 0.3) is 0 Å². The van der Waals surface area contributed by atoms with Crippen LogP contribution in [0, 0.1) is 17.8 Å². The van der Waals surface area contributed by atoms with Gasteiger partial charge in [-0.2, -0.15) is 0 Å². The molecule has 1 aromatic rings. The van der Waals surface area contributed by atoms with Crippen molar-refractivity contribution < 1.29 is 9.53 Å². The number of benzene rings is 1. The van der Waals surface area contributed by atoms with Gasteiger partial charge in [-0.05, 0) is 55.2 Å². The molecule has 2 unspecified atom stereocenters. The summed E-state index contributed by atoms with van der Waals surface area (Å²) in [4.78, 5) is 12.8. The third-order valence-corrected chi connectivity index (χ3v) is 10.1. The number of amides is 1. The van der Waals surface area contributed by atoms with Gasteiger partial charge in [-0.1, -0.05) is 18.6 Å². The highest BCUT2D eigenvalue weighted by molar-refractivity contribution is 8.21. The molecule has 1 aliphatic heterocycles. The predicted octanol–water partition coefficient (Wildman–Crippen LogP) is 4.31. The van der Waals surface area contributed by atoms with Gasteiger partial charge in [0.2, 0.25) is 5.91 Å². The first kappa shape index (κ1) is 17.6. The Bertz CT molecular complexity index is 597. The molecule has 3 fully saturated rings. The summed E-state index contributed by atoms with van der Waals surface area (Å²) in [5.74, 6) is 5.38. The summed E-state index contributed by atoms with van der Waals surface area (Å²) in [7, 11) is 1.67. The van der Waals surface area contributed by atoms with Crippen LogP contribution in [-0.2, 0) is 11.3 Å². The fourth-order valence-electron chi connectivity index (χ4n) is 4.90. The van der Waals surface area contributed by atoms with Crippen LogP contribution < -0.4 is 10.1 Å². The third-order valence-electron chi connectivity index (χ3n) is 6.12. The van der Waals surface area contributed by atoms with Crippen molar-refractivity contribution in [3.63, 3.8) is 0 Å². The minimum absolute atomic E-state index is 0.209. The summed E-state index contributed by atoms with van der Waals surface area (Å²) in [6.45, 7) is 0.614. The van der Waals surface area contributed by atoms with E-state index in [0.29, 0.717) is 10.6 Å². The van der Waals surface area contributed by atoms with Crippen molar-refractivity contribution in [2.75, 3.05) is 18.6 Å². The molecule has 0 aromatic heterocycles. The number of methoxy groups -OCH3 is 1. The summed E-state index contributed by atoms with van der Waals surface area (Å²) < 4.78 is 5.64. The molecule has 1 spiro atoms. The fourth-order valence-corrected chi connectivity index (χ4v) is 8.84. The minimum atomic E-state index is 0.209. The number of carbonyl (C=O) groups excluding carboxylic acids is 1.